The molecule has 4 nitrogen and oxygen atoms in total. The lowest BCUT2D eigenvalue weighted by Crippen LogP contribution is -2.11. The van der Waals surface area contributed by atoms with E-state index in [-0.39, 0.29) is 17.1 Å². The minimum atomic E-state index is -0.365. The zero-order chi connectivity index (χ0) is 19.3. The van der Waals surface area contributed by atoms with Gasteiger partial charge in [-0.05, 0) is 17.7 Å². The molecule has 0 atom stereocenters. The van der Waals surface area contributed by atoms with Crippen LogP contribution in [0.1, 0.15) is 5.82 Å². The standard InChI is InChI=1S/C21H17FN2O2S2/c22-16-8-4-5-9-17(16)26-10-11-27-13-18-23-20(25)19-15(12-28-21(19)24-18)14-6-2-1-3-7-14/h1-9,12H,10-11,13H2,(H,23,24,25). The Morgan fingerprint density at radius 2 is 1.89 bits per heavy atom. The molecular weight excluding hydrogens is 395 g/mol. The van der Waals surface area contributed by atoms with Gasteiger partial charge in [0.05, 0.1) is 17.7 Å². The third kappa shape index (κ3) is 4.10. The highest BCUT2D eigenvalue weighted by Crippen LogP contribution is 2.30. The molecule has 4 rings (SSSR count). The molecule has 2 aromatic heterocycles. The number of fused-ring (bicyclic) bond motifs is 1. The molecule has 2 heterocycles. The number of hydrogen-bond donors (Lipinski definition) is 1. The second kappa shape index (κ2) is 8.58. The molecule has 2 aromatic carbocycles. The average Bonchev–Trinajstić information content (AvgIpc) is 3.14. The number of ether oxygens (including phenoxy) is 1. The van der Waals surface area contributed by atoms with Crippen LogP contribution >= 0.6 is 23.1 Å². The zero-order valence-corrected chi connectivity index (χ0v) is 16.5. The molecule has 0 aliphatic heterocycles. The van der Waals surface area contributed by atoms with E-state index < -0.39 is 0 Å². The van der Waals surface area contributed by atoms with Crippen LogP contribution in [0.15, 0.2) is 64.8 Å². The molecule has 28 heavy (non-hydrogen) atoms. The summed E-state index contributed by atoms with van der Waals surface area (Å²) >= 11 is 3.05. The van der Waals surface area contributed by atoms with Gasteiger partial charge in [0.1, 0.15) is 10.7 Å². The number of nitrogens with zero attached hydrogens (tertiary/aromatic N) is 1. The fourth-order valence-electron chi connectivity index (χ4n) is 2.83. The third-order valence-corrected chi connectivity index (χ3v) is 5.94. The summed E-state index contributed by atoms with van der Waals surface area (Å²) in [5.74, 6) is 1.74. The van der Waals surface area contributed by atoms with Gasteiger partial charge in [-0.2, -0.15) is 11.8 Å². The number of halogens is 1. The Kier molecular flexibility index (Phi) is 5.73. The highest BCUT2D eigenvalue weighted by atomic mass is 32.2. The number of rotatable bonds is 7. The maximum Gasteiger partial charge on any atom is 0.260 e. The first-order valence-electron chi connectivity index (χ1n) is 8.73. The fourth-order valence-corrected chi connectivity index (χ4v) is 4.48. The Labute approximate surface area is 169 Å². The number of nitrogens with one attached hydrogen (secondary N) is 1. The molecule has 1 N–H and O–H groups in total. The van der Waals surface area contributed by atoms with E-state index in [0.717, 1.165) is 16.0 Å². The van der Waals surface area contributed by atoms with Gasteiger partial charge < -0.3 is 9.72 Å². The van der Waals surface area contributed by atoms with Gasteiger partial charge in [0.25, 0.3) is 5.56 Å². The molecule has 0 amide bonds. The summed E-state index contributed by atoms with van der Waals surface area (Å²) in [7, 11) is 0. The number of aromatic amines is 1. The van der Waals surface area contributed by atoms with Crippen molar-refractivity contribution in [1.29, 1.82) is 0 Å². The summed E-state index contributed by atoms with van der Waals surface area (Å²) in [6.45, 7) is 0.384. The van der Waals surface area contributed by atoms with Crippen molar-refractivity contribution in [2.24, 2.45) is 0 Å². The topological polar surface area (TPSA) is 55.0 Å². The van der Waals surface area contributed by atoms with E-state index in [1.807, 2.05) is 35.7 Å². The van der Waals surface area contributed by atoms with E-state index in [0.29, 0.717) is 29.3 Å². The van der Waals surface area contributed by atoms with Crippen LogP contribution in [0.2, 0.25) is 0 Å². The van der Waals surface area contributed by atoms with Crippen LogP contribution in [0.4, 0.5) is 4.39 Å². The highest BCUT2D eigenvalue weighted by Gasteiger charge is 2.12. The summed E-state index contributed by atoms with van der Waals surface area (Å²) in [6.07, 6.45) is 0. The van der Waals surface area contributed by atoms with Crippen LogP contribution in [-0.4, -0.2) is 22.3 Å². The Hall–Kier alpha value is -2.64. The molecule has 0 unspecified atom stereocenters. The molecule has 0 saturated heterocycles. The van der Waals surface area contributed by atoms with Gasteiger partial charge in [0.2, 0.25) is 0 Å². The van der Waals surface area contributed by atoms with Crippen molar-refractivity contribution in [2.45, 2.75) is 5.75 Å². The molecule has 7 heteroatoms. The zero-order valence-electron chi connectivity index (χ0n) is 14.9. The van der Waals surface area contributed by atoms with Crippen LogP contribution in [0, 0.1) is 5.82 Å². The quantitative estimate of drug-likeness (QED) is 0.429. The van der Waals surface area contributed by atoms with Gasteiger partial charge >= 0.3 is 0 Å². The van der Waals surface area contributed by atoms with Crippen molar-refractivity contribution in [2.75, 3.05) is 12.4 Å². The van der Waals surface area contributed by atoms with Crippen LogP contribution < -0.4 is 10.3 Å². The van der Waals surface area contributed by atoms with Crippen LogP contribution in [-0.2, 0) is 5.75 Å². The minimum absolute atomic E-state index is 0.122. The van der Waals surface area contributed by atoms with E-state index in [4.69, 9.17) is 4.74 Å². The molecule has 142 valence electrons. The lowest BCUT2D eigenvalue weighted by atomic mass is 10.1. The minimum Gasteiger partial charge on any atom is -0.490 e. The monoisotopic (exact) mass is 412 g/mol. The lowest BCUT2D eigenvalue weighted by molar-refractivity contribution is 0.325. The molecule has 0 fully saturated rings. The molecule has 4 aromatic rings. The van der Waals surface area contributed by atoms with Crippen molar-refractivity contribution in [3.8, 4) is 16.9 Å². The maximum atomic E-state index is 13.5. The van der Waals surface area contributed by atoms with Gasteiger partial charge in [0, 0.05) is 16.7 Å². The smallest absolute Gasteiger partial charge is 0.260 e. The van der Waals surface area contributed by atoms with E-state index in [2.05, 4.69) is 9.97 Å². The molecule has 0 aliphatic carbocycles. The number of thioether (sulfide) groups is 1. The van der Waals surface area contributed by atoms with Gasteiger partial charge in [0.15, 0.2) is 11.6 Å². The molecule has 0 spiro atoms. The predicted octanol–water partition coefficient (Wildman–Crippen LogP) is 5.10. The molecule has 0 radical (unpaired) electrons. The molecule has 0 aliphatic rings. The largest absolute Gasteiger partial charge is 0.490 e. The van der Waals surface area contributed by atoms with Crippen LogP contribution in [0.3, 0.4) is 0 Å². The number of thiophene rings is 1. The Bertz CT molecular complexity index is 1140. The summed E-state index contributed by atoms with van der Waals surface area (Å²) in [6, 6.07) is 16.2. The predicted molar refractivity (Wildman–Crippen MR) is 114 cm³/mol. The molecule has 0 saturated carbocycles. The number of aromatic nitrogens is 2. The summed E-state index contributed by atoms with van der Waals surface area (Å²) in [5, 5.41) is 2.61. The van der Waals surface area contributed by atoms with Gasteiger partial charge in [-0.1, -0.05) is 42.5 Å². The average molecular weight is 413 g/mol. The number of benzene rings is 2. The van der Waals surface area contributed by atoms with Crippen molar-refractivity contribution >= 4 is 33.3 Å². The van der Waals surface area contributed by atoms with Crippen molar-refractivity contribution in [1.82, 2.24) is 9.97 Å². The van der Waals surface area contributed by atoms with Gasteiger partial charge in [-0.3, -0.25) is 4.79 Å². The Balaban J connectivity index is 1.40. The van der Waals surface area contributed by atoms with Crippen molar-refractivity contribution < 1.29 is 9.13 Å². The van der Waals surface area contributed by atoms with E-state index >= 15 is 0 Å². The Morgan fingerprint density at radius 1 is 1.11 bits per heavy atom. The first kappa shape index (κ1) is 18.7. The van der Waals surface area contributed by atoms with Gasteiger partial charge in [-0.15, -0.1) is 11.3 Å². The second-order valence-electron chi connectivity index (χ2n) is 6.04. The lowest BCUT2D eigenvalue weighted by Gasteiger charge is -2.06. The third-order valence-electron chi connectivity index (χ3n) is 4.14. The number of para-hydroxylation sites is 1. The normalized spacial score (nSPS) is 11.0. The SMILES string of the molecule is O=c1[nH]c(CSCCOc2ccccc2F)nc2scc(-c3ccccc3)c12. The second-order valence-corrected chi connectivity index (χ2v) is 8.00. The van der Waals surface area contributed by atoms with Crippen molar-refractivity contribution in [3.05, 3.63) is 82.0 Å². The Morgan fingerprint density at radius 3 is 2.71 bits per heavy atom. The van der Waals surface area contributed by atoms with E-state index in [1.54, 1.807) is 30.0 Å². The fraction of sp³-hybridized carbons (Fsp3) is 0.143. The van der Waals surface area contributed by atoms with Crippen molar-refractivity contribution in [3.63, 3.8) is 0 Å². The van der Waals surface area contributed by atoms with E-state index in [1.165, 1.54) is 17.4 Å². The summed E-state index contributed by atoms with van der Waals surface area (Å²) in [5.41, 5.74) is 1.80. The number of H-pyrrole nitrogens is 1. The van der Waals surface area contributed by atoms with E-state index in [9.17, 15) is 9.18 Å². The first-order valence-corrected chi connectivity index (χ1v) is 10.8. The van der Waals surface area contributed by atoms with Crippen LogP contribution in [0.25, 0.3) is 21.3 Å². The first-order chi connectivity index (χ1) is 13.7. The molecule has 0 bridgehead atoms. The summed E-state index contributed by atoms with van der Waals surface area (Å²) in [4.78, 5) is 20.8. The molecular formula is C21H17FN2O2S2. The highest BCUT2D eigenvalue weighted by molar-refractivity contribution is 7.98. The number of hydrogen-bond acceptors (Lipinski definition) is 5. The summed E-state index contributed by atoms with van der Waals surface area (Å²) < 4.78 is 18.9. The maximum absolute atomic E-state index is 13.5. The van der Waals surface area contributed by atoms with Gasteiger partial charge in [-0.25, -0.2) is 9.37 Å². The van der Waals surface area contributed by atoms with Crippen LogP contribution in [0.5, 0.6) is 5.75 Å².